The molecule has 0 radical (unpaired) electrons. The van der Waals surface area contributed by atoms with Crippen molar-refractivity contribution >= 4 is 45.0 Å². The number of phenols is 1. The van der Waals surface area contributed by atoms with Gasteiger partial charge in [0.1, 0.15) is 5.75 Å². The number of hydrogen-bond acceptors (Lipinski definition) is 8. The lowest BCUT2D eigenvalue weighted by Gasteiger charge is -2.19. The zero-order chi connectivity index (χ0) is 24.8. The molecule has 10 heteroatoms. The summed E-state index contributed by atoms with van der Waals surface area (Å²) in [6.45, 7) is 2.64. The van der Waals surface area contributed by atoms with E-state index in [9.17, 15) is 24.3 Å². The monoisotopic (exact) mass is 509 g/mol. The summed E-state index contributed by atoms with van der Waals surface area (Å²) in [5.41, 5.74) is 0.860. The first-order valence-electron chi connectivity index (χ1n) is 11.8. The minimum Gasteiger partial charge on any atom is -0.508 e. The maximum absolute atomic E-state index is 12.8. The number of aromatic hydroxyl groups is 1. The summed E-state index contributed by atoms with van der Waals surface area (Å²) in [4.78, 5) is 50.0. The molecule has 2 amide bonds. The topological polar surface area (TPSA) is 125 Å². The zero-order valence-electron chi connectivity index (χ0n) is 19.6. The first kappa shape index (κ1) is 28.2. The van der Waals surface area contributed by atoms with Crippen molar-refractivity contribution in [1.82, 2.24) is 16.0 Å². The summed E-state index contributed by atoms with van der Waals surface area (Å²) >= 11 is 0. The van der Waals surface area contributed by atoms with Crippen LogP contribution in [0.3, 0.4) is 0 Å². The van der Waals surface area contributed by atoms with Gasteiger partial charge in [-0.1, -0.05) is 40.6 Å². The van der Waals surface area contributed by atoms with Crippen LogP contribution in [0.25, 0.3) is 0 Å². The number of carbonyl (C=O) groups excluding carboxylic acids is 4. The van der Waals surface area contributed by atoms with Crippen molar-refractivity contribution in [2.24, 2.45) is 0 Å². The largest absolute Gasteiger partial charge is 0.508 e. The predicted molar refractivity (Wildman–Crippen MR) is 137 cm³/mol. The highest BCUT2D eigenvalue weighted by atomic mass is 33.1. The molecule has 0 saturated carbocycles. The molecule has 1 fully saturated rings. The summed E-state index contributed by atoms with van der Waals surface area (Å²) in [6.07, 6.45) is 3.44. The summed E-state index contributed by atoms with van der Waals surface area (Å²) in [6, 6.07) is 5.47. The molecule has 1 aliphatic rings. The molecule has 0 spiro atoms. The number of hydrogen-bond donors (Lipinski definition) is 4. The number of rotatable bonds is 5. The Labute approximate surface area is 209 Å². The normalized spacial score (nSPS) is 22.2. The van der Waals surface area contributed by atoms with Crippen LogP contribution in [0.2, 0.25) is 0 Å². The summed E-state index contributed by atoms with van der Waals surface area (Å²) in [5.74, 6) is 0.703. The molecule has 0 aromatic heterocycles. The highest BCUT2D eigenvalue weighted by Gasteiger charge is 2.22. The number of ketones is 2. The number of phenolic OH excluding ortho intramolecular Hbond substituents is 1. The van der Waals surface area contributed by atoms with E-state index in [-0.39, 0.29) is 42.1 Å². The molecule has 2 atom stereocenters. The van der Waals surface area contributed by atoms with Crippen LogP contribution in [0.5, 0.6) is 5.75 Å². The summed E-state index contributed by atoms with van der Waals surface area (Å²) in [7, 11) is 2.93. The minimum atomic E-state index is -0.622. The van der Waals surface area contributed by atoms with Crippen molar-refractivity contribution in [2.45, 2.75) is 64.0 Å². The van der Waals surface area contributed by atoms with Crippen LogP contribution >= 0.6 is 21.6 Å². The van der Waals surface area contributed by atoms with Gasteiger partial charge in [0.15, 0.2) is 11.6 Å². The Morgan fingerprint density at radius 1 is 1.03 bits per heavy atom. The van der Waals surface area contributed by atoms with E-state index in [0.717, 1.165) is 12.0 Å². The minimum absolute atomic E-state index is 0.0201. The predicted octanol–water partition coefficient (Wildman–Crippen LogP) is 2.39. The Balaban J connectivity index is 2.00. The molecule has 1 aromatic rings. The fraction of sp³-hybridized carbons (Fsp3) is 0.583. The van der Waals surface area contributed by atoms with Gasteiger partial charge < -0.3 is 21.1 Å². The molecular formula is C24H35N3O5S2. The molecule has 1 unspecified atom stereocenters. The Kier molecular flexibility index (Phi) is 13.1. The molecular weight excluding hydrogens is 474 g/mol. The van der Waals surface area contributed by atoms with E-state index in [1.807, 2.05) is 6.92 Å². The Morgan fingerprint density at radius 2 is 1.79 bits per heavy atom. The summed E-state index contributed by atoms with van der Waals surface area (Å²) < 4.78 is 0. The molecule has 1 aromatic carbocycles. The fourth-order valence-electron chi connectivity index (χ4n) is 3.50. The van der Waals surface area contributed by atoms with Gasteiger partial charge >= 0.3 is 0 Å². The third kappa shape index (κ3) is 10.9. The second-order valence-corrected chi connectivity index (χ2v) is 10.9. The average molecular weight is 510 g/mol. The Hall–Kier alpha value is -2.04. The molecule has 0 aliphatic carbocycles. The molecule has 188 valence electrons. The van der Waals surface area contributed by atoms with Gasteiger partial charge in [-0.05, 0) is 49.9 Å². The van der Waals surface area contributed by atoms with Gasteiger partial charge in [0, 0.05) is 30.8 Å². The first-order chi connectivity index (χ1) is 16.4. The quantitative estimate of drug-likeness (QED) is 0.446. The molecule has 1 heterocycles. The van der Waals surface area contributed by atoms with E-state index < -0.39 is 12.1 Å². The Bertz CT molecular complexity index is 819. The van der Waals surface area contributed by atoms with E-state index in [1.165, 1.54) is 21.6 Å². The van der Waals surface area contributed by atoms with Crippen molar-refractivity contribution in [1.29, 1.82) is 0 Å². The second-order valence-electron chi connectivity index (χ2n) is 8.28. The number of amides is 2. The van der Waals surface area contributed by atoms with E-state index in [1.54, 1.807) is 24.3 Å². The number of Topliss-reactive ketones (excluding diaryl/α,β-unsaturated/α-hetero) is 2. The van der Waals surface area contributed by atoms with Crippen LogP contribution in [-0.4, -0.2) is 65.2 Å². The molecule has 1 aliphatic heterocycles. The van der Waals surface area contributed by atoms with Gasteiger partial charge in [0.2, 0.25) is 11.8 Å². The van der Waals surface area contributed by atoms with Gasteiger partial charge in [0.05, 0.1) is 18.6 Å². The fourth-order valence-corrected chi connectivity index (χ4v) is 5.68. The van der Waals surface area contributed by atoms with Gasteiger partial charge in [-0.2, -0.15) is 0 Å². The van der Waals surface area contributed by atoms with Crippen LogP contribution in [0.1, 0.15) is 51.0 Å². The lowest BCUT2D eigenvalue weighted by Crippen LogP contribution is -2.46. The number of benzene rings is 1. The number of nitrogens with one attached hydrogen (secondary N) is 3. The third-order valence-electron chi connectivity index (χ3n) is 5.36. The molecule has 0 bridgehead atoms. The Morgan fingerprint density at radius 3 is 2.53 bits per heavy atom. The highest BCUT2D eigenvalue weighted by molar-refractivity contribution is 8.76. The van der Waals surface area contributed by atoms with Crippen molar-refractivity contribution < 1.29 is 24.3 Å². The smallest absolute Gasteiger partial charge is 0.234 e. The number of carbonyl (C=O) groups is 4. The first-order valence-corrected chi connectivity index (χ1v) is 14.2. The maximum Gasteiger partial charge on any atom is 0.234 e. The van der Waals surface area contributed by atoms with Crippen molar-refractivity contribution in [2.75, 3.05) is 24.6 Å². The lowest BCUT2D eigenvalue weighted by molar-refractivity contribution is -0.127. The standard InChI is InChI=1S/C24H35N3O5S2/c1-2-5-21(29)20-16-34-33-13-11-23(31)26-19(14-17-7-9-18(28)10-8-17)22(30)6-3-4-12-25-15-24(32)27-20/h7-10,19-20,25,28H,2-6,11-16H2,1H3,(H,26,31)(H,27,32)/t19-,20?/m0/s1. The van der Waals surface area contributed by atoms with Crippen LogP contribution in [0.15, 0.2) is 24.3 Å². The van der Waals surface area contributed by atoms with E-state index in [0.29, 0.717) is 50.2 Å². The molecule has 2 rings (SSSR count). The van der Waals surface area contributed by atoms with Crippen LogP contribution in [0, 0.1) is 0 Å². The van der Waals surface area contributed by atoms with Gasteiger partial charge in [-0.3, -0.25) is 19.2 Å². The van der Waals surface area contributed by atoms with E-state index >= 15 is 0 Å². The molecule has 8 nitrogen and oxygen atoms in total. The summed E-state index contributed by atoms with van der Waals surface area (Å²) in [5, 5.41) is 18.3. The lowest BCUT2D eigenvalue weighted by atomic mass is 9.98. The van der Waals surface area contributed by atoms with Crippen molar-refractivity contribution in [3.63, 3.8) is 0 Å². The van der Waals surface area contributed by atoms with Crippen LogP contribution < -0.4 is 16.0 Å². The van der Waals surface area contributed by atoms with Crippen molar-refractivity contribution in [3.8, 4) is 5.75 Å². The maximum atomic E-state index is 12.8. The molecule has 1 saturated heterocycles. The van der Waals surface area contributed by atoms with E-state index in [4.69, 9.17) is 0 Å². The molecule has 4 N–H and O–H groups in total. The van der Waals surface area contributed by atoms with Gasteiger partial charge in [0.25, 0.3) is 0 Å². The van der Waals surface area contributed by atoms with Crippen molar-refractivity contribution in [3.05, 3.63) is 29.8 Å². The van der Waals surface area contributed by atoms with Gasteiger partial charge in [-0.15, -0.1) is 0 Å². The third-order valence-corrected chi connectivity index (χ3v) is 7.78. The average Bonchev–Trinajstić information content (AvgIpc) is 2.80. The van der Waals surface area contributed by atoms with Crippen LogP contribution in [0.4, 0.5) is 0 Å². The SMILES string of the molecule is CCCC(=O)C1CSSCCC(=O)N[C@@H](Cc2ccc(O)cc2)C(=O)CCCCNCC(=O)N1. The zero-order valence-corrected chi connectivity index (χ0v) is 21.3. The highest BCUT2D eigenvalue weighted by Crippen LogP contribution is 2.23. The van der Waals surface area contributed by atoms with Gasteiger partial charge in [-0.25, -0.2) is 0 Å². The second kappa shape index (κ2) is 15.8. The molecule has 34 heavy (non-hydrogen) atoms. The van der Waals surface area contributed by atoms with Crippen LogP contribution in [-0.2, 0) is 25.6 Å². The van der Waals surface area contributed by atoms with E-state index in [2.05, 4.69) is 16.0 Å².